The monoisotopic (exact) mass is 294 g/mol. The molecule has 21 heavy (non-hydrogen) atoms. The van der Waals surface area contributed by atoms with Gasteiger partial charge in [0.1, 0.15) is 0 Å². The topological polar surface area (TPSA) is 6.48 Å². The van der Waals surface area contributed by atoms with Crippen LogP contribution in [-0.2, 0) is 0 Å². The lowest BCUT2D eigenvalue weighted by molar-refractivity contribution is 0.0544. The summed E-state index contributed by atoms with van der Waals surface area (Å²) in [7, 11) is 0. The molecule has 1 aliphatic carbocycles. The third-order valence-electron chi connectivity index (χ3n) is 5.80. The molecule has 0 aromatic rings. The van der Waals surface area contributed by atoms with E-state index >= 15 is 0 Å². The van der Waals surface area contributed by atoms with E-state index in [1.165, 1.54) is 58.4 Å². The van der Waals surface area contributed by atoms with E-state index in [1.54, 1.807) is 0 Å². The second-order valence-corrected chi connectivity index (χ2v) is 8.52. The van der Waals surface area contributed by atoms with E-state index in [-0.39, 0.29) is 0 Å². The first-order chi connectivity index (χ1) is 9.95. The van der Waals surface area contributed by atoms with Crippen LogP contribution in [0.15, 0.2) is 0 Å². The predicted octanol–water partition coefficient (Wildman–Crippen LogP) is 4.11. The Hall–Kier alpha value is -0.0800. The van der Waals surface area contributed by atoms with E-state index in [9.17, 15) is 0 Å². The minimum absolute atomic E-state index is 0.750. The minimum atomic E-state index is 0.750. The number of nitrogens with zero attached hydrogens (tertiary/aromatic N) is 2. The van der Waals surface area contributed by atoms with E-state index in [1.807, 2.05) is 0 Å². The lowest BCUT2D eigenvalue weighted by atomic mass is 9.77. The standard InChI is InChI=1S/C19H38N2/c1-15(2)12-20-10-11-21(17(5)13-20)14-18-6-8-19(9-7-18)16(3)4/h15-19H,6-14H2,1-5H3. The molecule has 0 aromatic carbocycles. The van der Waals surface area contributed by atoms with Crippen molar-refractivity contribution in [2.45, 2.75) is 66.3 Å². The van der Waals surface area contributed by atoms with Crippen molar-refractivity contribution in [3.63, 3.8) is 0 Å². The molecule has 1 saturated heterocycles. The summed E-state index contributed by atoms with van der Waals surface area (Å²) in [5.41, 5.74) is 0. The minimum Gasteiger partial charge on any atom is -0.300 e. The largest absolute Gasteiger partial charge is 0.300 e. The molecule has 1 unspecified atom stereocenters. The Labute approximate surface area is 133 Å². The van der Waals surface area contributed by atoms with Crippen LogP contribution in [-0.4, -0.2) is 48.6 Å². The number of hydrogen-bond donors (Lipinski definition) is 0. The van der Waals surface area contributed by atoms with Gasteiger partial charge in [-0.3, -0.25) is 4.90 Å². The van der Waals surface area contributed by atoms with Gasteiger partial charge in [0.2, 0.25) is 0 Å². The quantitative estimate of drug-likeness (QED) is 0.753. The summed E-state index contributed by atoms with van der Waals surface area (Å²) in [6, 6.07) is 0.750. The molecule has 2 rings (SSSR count). The lowest BCUT2D eigenvalue weighted by Crippen LogP contribution is -2.53. The van der Waals surface area contributed by atoms with Crippen LogP contribution in [0.3, 0.4) is 0 Å². The Balaban J connectivity index is 1.72. The Morgan fingerprint density at radius 1 is 0.952 bits per heavy atom. The van der Waals surface area contributed by atoms with Crippen LogP contribution >= 0.6 is 0 Å². The molecule has 1 atom stereocenters. The van der Waals surface area contributed by atoms with E-state index in [0.29, 0.717) is 0 Å². The van der Waals surface area contributed by atoms with Crippen LogP contribution < -0.4 is 0 Å². The third kappa shape index (κ3) is 5.25. The summed E-state index contributed by atoms with van der Waals surface area (Å²) in [6.07, 6.45) is 5.90. The zero-order valence-electron chi connectivity index (χ0n) is 15.1. The van der Waals surface area contributed by atoms with E-state index in [0.717, 1.165) is 29.7 Å². The van der Waals surface area contributed by atoms with Crippen LogP contribution in [0.25, 0.3) is 0 Å². The van der Waals surface area contributed by atoms with Crippen LogP contribution in [0.5, 0.6) is 0 Å². The number of hydrogen-bond acceptors (Lipinski definition) is 2. The van der Waals surface area contributed by atoms with E-state index < -0.39 is 0 Å². The van der Waals surface area contributed by atoms with Gasteiger partial charge in [-0.1, -0.05) is 27.7 Å². The zero-order valence-corrected chi connectivity index (χ0v) is 15.1. The molecule has 1 heterocycles. The van der Waals surface area contributed by atoms with Crippen molar-refractivity contribution in [1.82, 2.24) is 9.80 Å². The summed E-state index contributed by atoms with van der Waals surface area (Å²) in [6.45, 7) is 18.4. The predicted molar refractivity (Wildman–Crippen MR) is 92.6 cm³/mol. The van der Waals surface area contributed by atoms with Crippen molar-refractivity contribution < 1.29 is 0 Å². The van der Waals surface area contributed by atoms with Gasteiger partial charge in [0.25, 0.3) is 0 Å². The van der Waals surface area contributed by atoms with Crippen molar-refractivity contribution in [2.24, 2.45) is 23.7 Å². The molecule has 2 aliphatic rings. The number of rotatable bonds is 5. The summed E-state index contributed by atoms with van der Waals surface area (Å²) in [4.78, 5) is 5.44. The first-order valence-corrected chi connectivity index (χ1v) is 9.42. The Morgan fingerprint density at radius 2 is 1.62 bits per heavy atom. The highest BCUT2D eigenvalue weighted by Crippen LogP contribution is 2.34. The van der Waals surface area contributed by atoms with Crippen molar-refractivity contribution >= 4 is 0 Å². The molecule has 2 nitrogen and oxygen atoms in total. The molecule has 2 heteroatoms. The highest BCUT2D eigenvalue weighted by Gasteiger charge is 2.28. The van der Waals surface area contributed by atoms with Crippen molar-refractivity contribution in [1.29, 1.82) is 0 Å². The van der Waals surface area contributed by atoms with Gasteiger partial charge in [0.05, 0.1) is 0 Å². The van der Waals surface area contributed by atoms with Crippen LogP contribution in [0.4, 0.5) is 0 Å². The molecule has 0 spiro atoms. The highest BCUT2D eigenvalue weighted by atomic mass is 15.3. The fourth-order valence-electron chi connectivity index (χ4n) is 4.39. The molecule has 124 valence electrons. The molecular weight excluding hydrogens is 256 g/mol. The second kappa shape index (κ2) is 7.97. The van der Waals surface area contributed by atoms with Gasteiger partial charge >= 0.3 is 0 Å². The van der Waals surface area contributed by atoms with Crippen molar-refractivity contribution in [2.75, 3.05) is 32.7 Å². The maximum Gasteiger partial charge on any atom is 0.0195 e. The van der Waals surface area contributed by atoms with E-state index in [4.69, 9.17) is 0 Å². The van der Waals surface area contributed by atoms with Crippen LogP contribution in [0, 0.1) is 23.7 Å². The molecule has 1 aliphatic heterocycles. The van der Waals surface area contributed by atoms with Gasteiger partial charge in [0, 0.05) is 38.8 Å². The SMILES string of the molecule is CC(C)CN1CCN(CC2CCC(C(C)C)CC2)C(C)C1. The molecular formula is C19H38N2. The zero-order chi connectivity index (χ0) is 15.4. The van der Waals surface area contributed by atoms with Gasteiger partial charge in [-0.05, 0) is 56.3 Å². The Bertz CT molecular complexity index is 292. The summed E-state index contributed by atoms with van der Waals surface area (Å²) in [5.74, 6) is 3.67. The first kappa shape index (κ1) is 17.3. The molecule has 0 N–H and O–H groups in total. The average Bonchev–Trinajstić information content (AvgIpc) is 2.42. The Morgan fingerprint density at radius 3 is 2.14 bits per heavy atom. The van der Waals surface area contributed by atoms with Gasteiger partial charge in [-0.25, -0.2) is 0 Å². The van der Waals surface area contributed by atoms with E-state index in [2.05, 4.69) is 44.4 Å². The smallest absolute Gasteiger partial charge is 0.0195 e. The van der Waals surface area contributed by atoms with Crippen LogP contribution in [0.1, 0.15) is 60.3 Å². The second-order valence-electron chi connectivity index (χ2n) is 8.52. The fourth-order valence-corrected chi connectivity index (χ4v) is 4.39. The van der Waals surface area contributed by atoms with Crippen molar-refractivity contribution in [3.8, 4) is 0 Å². The highest BCUT2D eigenvalue weighted by molar-refractivity contribution is 4.83. The fraction of sp³-hybridized carbons (Fsp3) is 1.00. The summed E-state index contributed by atoms with van der Waals surface area (Å²) in [5, 5.41) is 0. The third-order valence-corrected chi connectivity index (χ3v) is 5.80. The van der Waals surface area contributed by atoms with Gasteiger partial charge < -0.3 is 4.90 Å². The molecule has 0 amide bonds. The van der Waals surface area contributed by atoms with Crippen molar-refractivity contribution in [3.05, 3.63) is 0 Å². The van der Waals surface area contributed by atoms with Crippen LogP contribution in [0.2, 0.25) is 0 Å². The first-order valence-electron chi connectivity index (χ1n) is 9.42. The summed E-state index contributed by atoms with van der Waals surface area (Å²) < 4.78 is 0. The average molecular weight is 295 g/mol. The Kier molecular flexibility index (Phi) is 6.55. The maximum atomic E-state index is 2.77. The molecule has 0 aromatic heterocycles. The maximum absolute atomic E-state index is 2.77. The molecule has 0 radical (unpaired) electrons. The normalized spacial score (nSPS) is 33.0. The molecule has 1 saturated carbocycles. The summed E-state index contributed by atoms with van der Waals surface area (Å²) >= 11 is 0. The number of piperazine rings is 1. The lowest BCUT2D eigenvalue weighted by Gasteiger charge is -2.43. The van der Waals surface area contributed by atoms with Gasteiger partial charge in [-0.15, -0.1) is 0 Å². The van der Waals surface area contributed by atoms with Gasteiger partial charge in [0.15, 0.2) is 0 Å². The van der Waals surface area contributed by atoms with Gasteiger partial charge in [-0.2, -0.15) is 0 Å². The molecule has 0 bridgehead atoms. The molecule has 2 fully saturated rings.